The Balaban J connectivity index is 1.99. The van der Waals surface area contributed by atoms with Gasteiger partial charge in [-0.2, -0.15) is 5.10 Å². The van der Waals surface area contributed by atoms with Crippen LogP contribution < -0.4 is 5.43 Å². The monoisotopic (exact) mass is 294 g/mol. The van der Waals surface area contributed by atoms with Crippen molar-refractivity contribution in [3.8, 4) is 0 Å². The fourth-order valence-corrected chi connectivity index (χ4v) is 2.08. The largest absolute Gasteiger partial charge is 0.271 e. The van der Waals surface area contributed by atoms with E-state index in [9.17, 15) is 4.79 Å². The summed E-state index contributed by atoms with van der Waals surface area (Å²) < 4.78 is 0. The molecule has 2 rings (SSSR count). The van der Waals surface area contributed by atoms with Gasteiger partial charge in [-0.25, -0.2) is 5.43 Å². The van der Waals surface area contributed by atoms with Gasteiger partial charge in [-0.05, 0) is 54.2 Å². The second-order valence-electron chi connectivity index (χ2n) is 5.82. The molecule has 0 saturated carbocycles. The molecule has 1 N–H and O–H groups in total. The Morgan fingerprint density at radius 3 is 2.32 bits per heavy atom. The number of rotatable bonds is 4. The van der Waals surface area contributed by atoms with Gasteiger partial charge >= 0.3 is 0 Å². The zero-order valence-corrected chi connectivity index (χ0v) is 13.6. The lowest BCUT2D eigenvalue weighted by atomic mass is 10.0. The first-order valence-corrected chi connectivity index (χ1v) is 7.48. The summed E-state index contributed by atoms with van der Waals surface area (Å²) in [4.78, 5) is 12.0. The van der Waals surface area contributed by atoms with Gasteiger partial charge in [0.05, 0.1) is 6.21 Å². The summed E-state index contributed by atoms with van der Waals surface area (Å²) in [6.07, 6.45) is 1.66. The predicted octanol–water partition coefficient (Wildman–Crippen LogP) is 4.19. The van der Waals surface area contributed by atoms with E-state index in [4.69, 9.17) is 0 Å². The van der Waals surface area contributed by atoms with Crippen LogP contribution in [0.5, 0.6) is 0 Å². The van der Waals surface area contributed by atoms with Crippen LogP contribution >= 0.6 is 0 Å². The number of amides is 1. The molecule has 0 saturated heterocycles. The molecule has 0 bridgehead atoms. The number of benzene rings is 2. The Morgan fingerprint density at radius 1 is 1.05 bits per heavy atom. The van der Waals surface area contributed by atoms with E-state index in [1.54, 1.807) is 6.21 Å². The molecule has 0 aliphatic heterocycles. The molecule has 0 heterocycles. The standard InChI is InChI=1S/C19H22N2O/c1-13(2)17-9-6-16(7-10-17)12-20-21-19(22)18-8-5-14(3)15(4)11-18/h5-13H,1-4H3,(H,21,22)/b20-12+. The number of carbonyl (C=O) groups excluding carboxylic acids is 1. The Labute approximate surface area is 132 Å². The fraction of sp³-hybridized carbons (Fsp3) is 0.263. The second-order valence-corrected chi connectivity index (χ2v) is 5.82. The van der Waals surface area contributed by atoms with Crippen LogP contribution in [-0.2, 0) is 0 Å². The molecule has 3 nitrogen and oxygen atoms in total. The number of aryl methyl sites for hydroxylation is 2. The van der Waals surface area contributed by atoms with E-state index in [0.717, 1.165) is 11.1 Å². The maximum atomic E-state index is 12.0. The van der Waals surface area contributed by atoms with E-state index in [1.165, 1.54) is 11.1 Å². The minimum Gasteiger partial charge on any atom is -0.267 e. The summed E-state index contributed by atoms with van der Waals surface area (Å²) in [7, 11) is 0. The molecule has 0 atom stereocenters. The minimum absolute atomic E-state index is 0.196. The Bertz CT molecular complexity index is 685. The fourth-order valence-electron chi connectivity index (χ4n) is 2.08. The molecule has 0 aliphatic carbocycles. The Kier molecular flexibility index (Phi) is 5.10. The molecule has 0 spiro atoms. The lowest BCUT2D eigenvalue weighted by Gasteiger charge is -2.05. The molecule has 0 aliphatic rings. The number of hydrogen-bond acceptors (Lipinski definition) is 2. The molecule has 0 aromatic heterocycles. The minimum atomic E-state index is -0.196. The quantitative estimate of drug-likeness (QED) is 0.666. The van der Waals surface area contributed by atoms with E-state index in [-0.39, 0.29) is 5.91 Å². The van der Waals surface area contributed by atoms with Crippen molar-refractivity contribution in [2.75, 3.05) is 0 Å². The van der Waals surface area contributed by atoms with Crippen LogP contribution in [0.4, 0.5) is 0 Å². The smallest absolute Gasteiger partial charge is 0.267 e. The van der Waals surface area contributed by atoms with Gasteiger partial charge in [0.15, 0.2) is 0 Å². The van der Waals surface area contributed by atoms with Crippen LogP contribution in [0.25, 0.3) is 0 Å². The van der Waals surface area contributed by atoms with Crippen LogP contribution in [0.3, 0.4) is 0 Å². The lowest BCUT2D eigenvalue weighted by molar-refractivity contribution is 0.0955. The second kappa shape index (κ2) is 7.03. The average Bonchev–Trinajstić information content (AvgIpc) is 2.50. The van der Waals surface area contributed by atoms with Crippen LogP contribution in [0.2, 0.25) is 0 Å². The zero-order chi connectivity index (χ0) is 16.1. The summed E-state index contributed by atoms with van der Waals surface area (Å²) in [5, 5.41) is 4.02. The summed E-state index contributed by atoms with van der Waals surface area (Å²) in [5.74, 6) is 0.314. The molecule has 114 valence electrons. The van der Waals surface area contributed by atoms with Crippen molar-refractivity contribution in [2.24, 2.45) is 5.10 Å². The summed E-state index contributed by atoms with van der Waals surface area (Å²) in [6.45, 7) is 8.33. The highest BCUT2D eigenvalue weighted by Crippen LogP contribution is 2.14. The first-order valence-electron chi connectivity index (χ1n) is 7.48. The van der Waals surface area contributed by atoms with E-state index in [1.807, 2.05) is 44.2 Å². The highest BCUT2D eigenvalue weighted by Gasteiger charge is 2.05. The van der Waals surface area contributed by atoms with Crippen LogP contribution in [0.1, 0.15) is 52.4 Å². The maximum Gasteiger partial charge on any atom is 0.271 e. The average molecular weight is 294 g/mol. The van der Waals surface area contributed by atoms with E-state index in [0.29, 0.717) is 11.5 Å². The number of nitrogens with zero attached hydrogens (tertiary/aromatic N) is 1. The SMILES string of the molecule is Cc1ccc(C(=O)N/N=C/c2ccc(C(C)C)cc2)cc1C. The third kappa shape index (κ3) is 4.04. The van der Waals surface area contributed by atoms with E-state index < -0.39 is 0 Å². The molecule has 0 fully saturated rings. The number of nitrogens with one attached hydrogen (secondary N) is 1. The van der Waals surface area contributed by atoms with Gasteiger partial charge in [-0.3, -0.25) is 4.79 Å². The normalized spacial score (nSPS) is 11.1. The molecule has 2 aromatic rings. The molecular weight excluding hydrogens is 272 g/mol. The molecular formula is C19H22N2O. The Morgan fingerprint density at radius 2 is 1.73 bits per heavy atom. The van der Waals surface area contributed by atoms with Crippen molar-refractivity contribution in [3.63, 3.8) is 0 Å². The zero-order valence-electron chi connectivity index (χ0n) is 13.6. The van der Waals surface area contributed by atoms with Crippen LogP contribution in [-0.4, -0.2) is 12.1 Å². The van der Waals surface area contributed by atoms with Crippen molar-refractivity contribution in [3.05, 3.63) is 70.3 Å². The lowest BCUT2D eigenvalue weighted by Crippen LogP contribution is -2.17. The van der Waals surface area contributed by atoms with Crippen molar-refractivity contribution in [1.82, 2.24) is 5.43 Å². The molecule has 22 heavy (non-hydrogen) atoms. The topological polar surface area (TPSA) is 41.5 Å². The molecule has 3 heteroatoms. The van der Waals surface area contributed by atoms with Crippen LogP contribution in [0, 0.1) is 13.8 Å². The highest BCUT2D eigenvalue weighted by atomic mass is 16.2. The van der Waals surface area contributed by atoms with Gasteiger partial charge in [-0.1, -0.05) is 44.2 Å². The summed E-state index contributed by atoms with van der Waals surface area (Å²) in [6, 6.07) is 13.8. The van der Waals surface area contributed by atoms with Crippen molar-refractivity contribution >= 4 is 12.1 Å². The first kappa shape index (κ1) is 16.0. The number of hydrazone groups is 1. The van der Waals surface area contributed by atoms with Crippen molar-refractivity contribution < 1.29 is 4.79 Å². The van der Waals surface area contributed by atoms with Gasteiger partial charge < -0.3 is 0 Å². The van der Waals surface area contributed by atoms with Gasteiger partial charge in [0.2, 0.25) is 0 Å². The molecule has 0 radical (unpaired) electrons. The maximum absolute atomic E-state index is 12.0. The third-order valence-electron chi connectivity index (χ3n) is 3.75. The van der Waals surface area contributed by atoms with E-state index >= 15 is 0 Å². The predicted molar refractivity (Wildman–Crippen MR) is 91.5 cm³/mol. The molecule has 2 aromatic carbocycles. The van der Waals surface area contributed by atoms with E-state index in [2.05, 4.69) is 36.5 Å². The summed E-state index contributed by atoms with van der Waals surface area (Å²) in [5.41, 5.74) is 7.70. The van der Waals surface area contributed by atoms with Gasteiger partial charge in [0, 0.05) is 5.56 Å². The van der Waals surface area contributed by atoms with Crippen molar-refractivity contribution in [2.45, 2.75) is 33.6 Å². The van der Waals surface area contributed by atoms with Gasteiger partial charge in [0.1, 0.15) is 0 Å². The highest BCUT2D eigenvalue weighted by molar-refractivity contribution is 5.95. The van der Waals surface area contributed by atoms with Crippen LogP contribution in [0.15, 0.2) is 47.6 Å². The third-order valence-corrected chi connectivity index (χ3v) is 3.75. The van der Waals surface area contributed by atoms with Crippen molar-refractivity contribution in [1.29, 1.82) is 0 Å². The first-order chi connectivity index (χ1) is 10.5. The summed E-state index contributed by atoms with van der Waals surface area (Å²) >= 11 is 0. The van der Waals surface area contributed by atoms with Gasteiger partial charge in [-0.15, -0.1) is 0 Å². The number of carbonyl (C=O) groups is 1. The Hall–Kier alpha value is -2.42. The molecule has 1 amide bonds. The molecule has 0 unspecified atom stereocenters. The number of hydrogen-bond donors (Lipinski definition) is 1. The van der Waals surface area contributed by atoms with Gasteiger partial charge in [0.25, 0.3) is 5.91 Å².